The molecule has 0 atom stereocenters. The summed E-state index contributed by atoms with van der Waals surface area (Å²) in [6, 6.07) is 5.65. The van der Waals surface area contributed by atoms with Crippen molar-refractivity contribution in [1.29, 1.82) is 0 Å². The molecule has 0 radical (unpaired) electrons. The van der Waals surface area contributed by atoms with Gasteiger partial charge in [-0.15, -0.1) is 0 Å². The van der Waals surface area contributed by atoms with E-state index in [1.807, 2.05) is 0 Å². The maximum Gasteiger partial charge on any atom is 0.384 e. The summed E-state index contributed by atoms with van der Waals surface area (Å²) in [5.41, 5.74) is 0.582. The Hall–Kier alpha value is -2.92. The second-order valence-electron chi connectivity index (χ2n) is 4.21. The number of hydrogen-bond acceptors (Lipinski definition) is 7. The van der Waals surface area contributed by atoms with Crippen LogP contribution in [0.2, 0.25) is 0 Å². The van der Waals surface area contributed by atoms with Crippen LogP contribution in [0.1, 0.15) is 12.5 Å². The smallest absolute Gasteiger partial charge is 0.384 e. The molecule has 8 heteroatoms. The fraction of sp³-hybridized carbons (Fsp3) is 0.333. The van der Waals surface area contributed by atoms with Gasteiger partial charge in [-0.2, -0.15) is 0 Å². The number of carbonyl (C=O) groups excluding carboxylic acids is 2. The summed E-state index contributed by atoms with van der Waals surface area (Å²) in [6.45, 7) is 2.15. The predicted molar refractivity (Wildman–Crippen MR) is 80.2 cm³/mol. The van der Waals surface area contributed by atoms with Gasteiger partial charge in [0.1, 0.15) is 6.61 Å². The lowest BCUT2D eigenvalue weighted by Gasteiger charge is -2.01. The zero-order valence-electron chi connectivity index (χ0n) is 12.5. The lowest BCUT2D eigenvalue weighted by Crippen LogP contribution is -2.25. The molecule has 0 saturated carbocycles. The number of nitrogens with one attached hydrogen (secondary N) is 1. The number of carbonyl (C=O) groups is 2. The Balaban J connectivity index is 2.28. The second-order valence-corrected chi connectivity index (χ2v) is 4.21. The largest absolute Gasteiger partial charge is 0.465 e. The summed E-state index contributed by atoms with van der Waals surface area (Å²) < 4.78 is 9.59. The maximum absolute atomic E-state index is 11.4. The molecule has 1 aromatic rings. The van der Waals surface area contributed by atoms with Gasteiger partial charge < -0.3 is 9.47 Å². The van der Waals surface area contributed by atoms with Crippen molar-refractivity contribution in [3.05, 3.63) is 39.9 Å². The number of ether oxygens (including phenoxy) is 2. The van der Waals surface area contributed by atoms with E-state index in [0.717, 1.165) is 0 Å². The van der Waals surface area contributed by atoms with Crippen molar-refractivity contribution in [2.24, 2.45) is 0 Å². The first-order valence-corrected chi connectivity index (χ1v) is 6.78. The number of non-ortho nitro benzene ring substituents is 1. The standard InChI is InChI=1S/C15H16N2O6/c1-2-22-15(19)10-16-9-3-4-14(18)23-11-12-5-7-13(8-6-12)17(20)21/h5-8,16H,2,9-11H2,1H3. The molecular weight excluding hydrogens is 304 g/mol. The second kappa shape index (κ2) is 9.92. The Morgan fingerprint density at radius 1 is 1.26 bits per heavy atom. The van der Waals surface area contributed by atoms with Crippen LogP contribution in [-0.4, -0.2) is 36.6 Å². The third-order valence-corrected chi connectivity index (χ3v) is 2.50. The Bertz CT molecular complexity index is 615. The van der Waals surface area contributed by atoms with Crippen molar-refractivity contribution in [1.82, 2.24) is 5.32 Å². The number of nitrogens with zero attached hydrogens (tertiary/aromatic N) is 1. The molecule has 8 nitrogen and oxygen atoms in total. The number of nitro groups is 1. The SMILES string of the molecule is CCOC(=O)CNCC#CC(=O)OCc1ccc([N+](=O)[O-])cc1. The van der Waals surface area contributed by atoms with Gasteiger partial charge in [0.2, 0.25) is 0 Å². The van der Waals surface area contributed by atoms with Crippen LogP contribution < -0.4 is 5.32 Å². The molecule has 122 valence electrons. The maximum atomic E-state index is 11.4. The van der Waals surface area contributed by atoms with Crippen LogP contribution in [0.3, 0.4) is 0 Å². The summed E-state index contributed by atoms with van der Waals surface area (Å²) >= 11 is 0. The highest BCUT2D eigenvalue weighted by molar-refractivity contribution is 5.88. The van der Waals surface area contributed by atoms with Crippen LogP contribution in [0.5, 0.6) is 0 Å². The lowest BCUT2D eigenvalue weighted by atomic mass is 10.2. The topological polar surface area (TPSA) is 108 Å². The molecule has 1 rings (SSSR count). The Kier molecular flexibility index (Phi) is 7.82. The Labute approximate surface area is 132 Å². The van der Waals surface area contributed by atoms with Crippen LogP contribution in [0.25, 0.3) is 0 Å². The van der Waals surface area contributed by atoms with Gasteiger partial charge in [-0.3, -0.25) is 20.2 Å². The van der Waals surface area contributed by atoms with Crippen LogP contribution in [0.15, 0.2) is 24.3 Å². The molecule has 0 heterocycles. The molecule has 0 saturated heterocycles. The molecular formula is C15H16N2O6. The molecule has 0 aliphatic heterocycles. The van der Waals surface area contributed by atoms with Gasteiger partial charge in [0.25, 0.3) is 5.69 Å². The van der Waals surface area contributed by atoms with Gasteiger partial charge in [-0.05, 0) is 24.6 Å². The van der Waals surface area contributed by atoms with Crippen LogP contribution in [0.4, 0.5) is 5.69 Å². The number of hydrogen-bond donors (Lipinski definition) is 1. The first-order chi connectivity index (χ1) is 11.0. The fourth-order valence-electron chi connectivity index (χ4n) is 1.45. The molecule has 0 fully saturated rings. The zero-order chi connectivity index (χ0) is 17.1. The summed E-state index contributed by atoms with van der Waals surface area (Å²) in [5.74, 6) is 3.65. The summed E-state index contributed by atoms with van der Waals surface area (Å²) in [4.78, 5) is 32.4. The lowest BCUT2D eigenvalue weighted by molar-refractivity contribution is -0.384. The average Bonchev–Trinajstić information content (AvgIpc) is 2.53. The van der Waals surface area contributed by atoms with Gasteiger partial charge in [0.05, 0.1) is 24.6 Å². The third kappa shape index (κ3) is 7.59. The Morgan fingerprint density at radius 3 is 2.57 bits per heavy atom. The third-order valence-electron chi connectivity index (χ3n) is 2.50. The number of nitro benzene ring substituents is 1. The van der Waals surface area contributed by atoms with Gasteiger partial charge >= 0.3 is 11.9 Å². The highest BCUT2D eigenvalue weighted by atomic mass is 16.6. The van der Waals surface area contributed by atoms with Crippen LogP contribution in [-0.2, 0) is 25.7 Å². The van der Waals surface area contributed by atoms with Crippen LogP contribution in [0, 0.1) is 22.0 Å². The molecule has 1 N–H and O–H groups in total. The molecule has 0 aliphatic carbocycles. The monoisotopic (exact) mass is 320 g/mol. The van der Waals surface area contributed by atoms with E-state index >= 15 is 0 Å². The molecule has 0 amide bonds. The van der Waals surface area contributed by atoms with Crippen molar-refractivity contribution < 1.29 is 24.0 Å². The molecule has 0 aliphatic rings. The normalized spacial score (nSPS) is 9.43. The number of esters is 2. The van der Waals surface area contributed by atoms with Gasteiger partial charge in [-0.1, -0.05) is 5.92 Å². The Morgan fingerprint density at radius 2 is 1.96 bits per heavy atom. The van der Waals surface area contributed by atoms with E-state index in [0.29, 0.717) is 12.2 Å². The van der Waals surface area contributed by atoms with Gasteiger partial charge in [0, 0.05) is 18.1 Å². The summed E-state index contributed by atoms with van der Waals surface area (Å²) in [5, 5.41) is 13.2. The van der Waals surface area contributed by atoms with E-state index in [1.165, 1.54) is 24.3 Å². The van der Waals surface area contributed by atoms with Crippen molar-refractivity contribution in [2.45, 2.75) is 13.5 Å². The van der Waals surface area contributed by atoms with Crippen LogP contribution >= 0.6 is 0 Å². The highest BCUT2D eigenvalue weighted by Crippen LogP contribution is 2.12. The zero-order valence-corrected chi connectivity index (χ0v) is 12.5. The first kappa shape index (κ1) is 18.1. The minimum absolute atomic E-state index is 0.0142. The van der Waals surface area contributed by atoms with E-state index in [1.54, 1.807) is 6.92 Å². The summed E-state index contributed by atoms with van der Waals surface area (Å²) in [6.07, 6.45) is 0. The molecule has 0 unspecified atom stereocenters. The number of rotatable bonds is 7. The molecule has 23 heavy (non-hydrogen) atoms. The van der Waals surface area contributed by atoms with Gasteiger partial charge in [0.15, 0.2) is 0 Å². The summed E-state index contributed by atoms with van der Waals surface area (Å²) in [7, 11) is 0. The van der Waals surface area contributed by atoms with E-state index in [4.69, 9.17) is 9.47 Å². The van der Waals surface area contributed by atoms with Crippen molar-refractivity contribution in [3.8, 4) is 11.8 Å². The first-order valence-electron chi connectivity index (χ1n) is 6.78. The minimum Gasteiger partial charge on any atom is -0.465 e. The van der Waals surface area contributed by atoms with E-state index in [9.17, 15) is 19.7 Å². The van der Waals surface area contributed by atoms with Crippen molar-refractivity contribution >= 4 is 17.6 Å². The number of benzene rings is 1. The highest BCUT2D eigenvalue weighted by Gasteiger charge is 2.05. The van der Waals surface area contributed by atoms with E-state index in [-0.39, 0.29) is 25.4 Å². The average molecular weight is 320 g/mol. The fourth-order valence-corrected chi connectivity index (χ4v) is 1.45. The van der Waals surface area contributed by atoms with E-state index in [2.05, 4.69) is 17.2 Å². The molecule has 0 aromatic heterocycles. The van der Waals surface area contributed by atoms with Crippen molar-refractivity contribution in [3.63, 3.8) is 0 Å². The molecule has 1 aromatic carbocycles. The molecule has 0 spiro atoms. The van der Waals surface area contributed by atoms with Gasteiger partial charge in [-0.25, -0.2) is 4.79 Å². The minimum atomic E-state index is -0.721. The van der Waals surface area contributed by atoms with Crippen molar-refractivity contribution in [2.75, 3.05) is 19.7 Å². The van der Waals surface area contributed by atoms with E-state index < -0.39 is 16.9 Å². The molecule has 0 bridgehead atoms. The predicted octanol–water partition coefficient (Wildman–Crippen LogP) is 0.794. The quantitative estimate of drug-likeness (QED) is 0.198.